The van der Waals surface area contributed by atoms with Gasteiger partial charge in [0, 0.05) is 6.20 Å². The highest BCUT2D eigenvalue weighted by Crippen LogP contribution is 2.07. The quantitative estimate of drug-likeness (QED) is 0.619. The molecule has 0 atom stereocenters. The normalized spacial score (nSPS) is 8.93. The van der Waals surface area contributed by atoms with E-state index in [4.69, 9.17) is 11.5 Å². The number of nitrogen functional groups attached to an aromatic ring is 1. The van der Waals surface area contributed by atoms with E-state index >= 15 is 0 Å². The molecule has 0 bridgehead atoms. The third-order valence-corrected chi connectivity index (χ3v) is 1.54. The van der Waals surface area contributed by atoms with Crippen LogP contribution < -0.4 is 11.5 Å². The van der Waals surface area contributed by atoms with Crippen LogP contribution in [-0.2, 0) is 4.79 Å². The van der Waals surface area contributed by atoms with E-state index in [0.717, 1.165) is 5.56 Å². The molecule has 0 fully saturated rings. The molecule has 1 aromatic heterocycles. The summed E-state index contributed by atoms with van der Waals surface area (Å²) in [4.78, 5) is 14.3. The van der Waals surface area contributed by atoms with Crippen molar-refractivity contribution < 1.29 is 4.79 Å². The minimum Gasteiger partial charge on any atom is -0.383 e. The molecule has 0 aliphatic rings. The fraction of sp³-hybridized carbons (Fsp3) is 0.200. The van der Waals surface area contributed by atoms with Crippen LogP contribution in [0.1, 0.15) is 17.5 Å². The minimum atomic E-state index is -0.448. The molecule has 1 rings (SSSR count). The van der Waals surface area contributed by atoms with E-state index < -0.39 is 5.91 Å². The summed E-state index contributed by atoms with van der Waals surface area (Å²) in [5.74, 6) is 5.29. The van der Waals surface area contributed by atoms with Crippen LogP contribution in [0.3, 0.4) is 0 Å². The number of hydrogen-bond acceptors (Lipinski definition) is 3. The third kappa shape index (κ3) is 2.79. The average molecular weight is 189 g/mol. The predicted octanol–water partition coefficient (Wildman–Crippen LogP) is 0.199. The minimum absolute atomic E-state index is 0.0351. The maximum atomic E-state index is 10.4. The lowest BCUT2D eigenvalue weighted by atomic mass is 10.2. The molecule has 4 heteroatoms. The fourth-order valence-electron chi connectivity index (χ4n) is 0.906. The second-order valence-electron chi connectivity index (χ2n) is 2.89. The van der Waals surface area contributed by atoms with Gasteiger partial charge in [0.25, 0.3) is 0 Å². The van der Waals surface area contributed by atoms with Gasteiger partial charge in [-0.1, -0.05) is 11.8 Å². The molecule has 0 spiro atoms. The molecule has 72 valence electrons. The molecule has 0 aliphatic carbocycles. The Labute approximate surface area is 82.3 Å². The highest BCUT2D eigenvalue weighted by atomic mass is 16.1. The number of carbonyl (C=O) groups is 1. The molecule has 0 saturated heterocycles. The number of anilines is 1. The number of nitrogens with two attached hydrogens (primary N) is 2. The molecular weight excluding hydrogens is 178 g/mol. The zero-order chi connectivity index (χ0) is 10.6. The first kappa shape index (κ1) is 10.1. The van der Waals surface area contributed by atoms with E-state index in [1.54, 1.807) is 6.20 Å². The lowest BCUT2D eigenvalue weighted by Gasteiger charge is -1.97. The standard InChI is InChI=1S/C10H11N3O/c1-7-5-8(10(12)13-6-7)3-2-4-9(11)14/h5-6H,4H2,1H3,(H2,11,14)(H2,12,13). The number of rotatable bonds is 1. The summed E-state index contributed by atoms with van der Waals surface area (Å²) < 4.78 is 0. The van der Waals surface area contributed by atoms with E-state index in [9.17, 15) is 4.79 Å². The Balaban J connectivity index is 2.88. The van der Waals surface area contributed by atoms with Crippen LogP contribution in [0.4, 0.5) is 5.82 Å². The van der Waals surface area contributed by atoms with Crippen LogP contribution in [0.25, 0.3) is 0 Å². The van der Waals surface area contributed by atoms with Gasteiger partial charge in [0.15, 0.2) is 0 Å². The summed E-state index contributed by atoms with van der Waals surface area (Å²) in [6, 6.07) is 1.82. The van der Waals surface area contributed by atoms with Crippen LogP contribution in [0.15, 0.2) is 12.3 Å². The number of carbonyl (C=O) groups excluding carboxylic acids is 1. The van der Waals surface area contributed by atoms with Crippen LogP contribution in [0, 0.1) is 18.8 Å². The van der Waals surface area contributed by atoms with E-state index in [1.807, 2.05) is 13.0 Å². The van der Waals surface area contributed by atoms with Gasteiger partial charge in [-0.25, -0.2) is 4.98 Å². The van der Waals surface area contributed by atoms with Crippen molar-refractivity contribution in [2.75, 3.05) is 5.73 Å². The summed E-state index contributed by atoms with van der Waals surface area (Å²) >= 11 is 0. The first-order chi connectivity index (χ1) is 6.59. The van der Waals surface area contributed by atoms with E-state index in [1.165, 1.54) is 0 Å². The number of aromatic nitrogens is 1. The Morgan fingerprint density at radius 3 is 3.00 bits per heavy atom. The van der Waals surface area contributed by atoms with E-state index in [-0.39, 0.29) is 6.42 Å². The molecule has 4 N–H and O–H groups in total. The van der Waals surface area contributed by atoms with Gasteiger partial charge in [-0.15, -0.1) is 0 Å². The molecule has 0 aliphatic heterocycles. The summed E-state index contributed by atoms with van der Waals surface area (Å²) in [7, 11) is 0. The summed E-state index contributed by atoms with van der Waals surface area (Å²) in [6.07, 6.45) is 1.70. The van der Waals surface area contributed by atoms with Gasteiger partial charge in [0.05, 0.1) is 12.0 Å². The summed E-state index contributed by atoms with van der Waals surface area (Å²) in [6.45, 7) is 1.89. The van der Waals surface area contributed by atoms with Gasteiger partial charge >= 0.3 is 0 Å². The first-order valence-corrected chi connectivity index (χ1v) is 4.09. The highest BCUT2D eigenvalue weighted by Gasteiger charge is 1.96. The van der Waals surface area contributed by atoms with Crippen molar-refractivity contribution in [3.63, 3.8) is 0 Å². The number of amides is 1. The molecule has 1 aromatic rings. The van der Waals surface area contributed by atoms with Crippen molar-refractivity contribution in [2.24, 2.45) is 5.73 Å². The maximum Gasteiger partial charge on any atom is 0.229 e. The van der Waals surface area contributed by atoms with Crippen LogP contribution in [0.5, 0.6) is 0 Å². The summed E-state index contributed by atoms with van der Waals surface area (Å²) in [5.41, 5.74) is 12.1. The van der Waals surface area contributed by atoms with Crippen molar-refractivity contribution in [3.05, 3.63) is 23.4 Å². The van der Waals surface area contributed by atoms with E-state index in [2.05, 4.69) is 16.8 Å². The number of pyridine rings is 1. The molecule has 0 unspecified atom stereocenters. The zero-order valence-electron chi connectivity index (χ0n) is 7.87. The second-order valence-corrected chi connectivity index (χ2v) is 2.89. The molecule has 4 nitrogen and oxygen atoms in total. The highest BCUT2D eigenvalue weighted by molar-refractivity contribution is 5.76. The Morgan fingerprint density at radius 2 is 2.36 bits per heavy atom. The van der Waals surface area contributed by atoms with Crippen LogP contribution in [0.2, 0.25) is 0 Å². The van der Waals surface area contributed by atoms with Crippen LogP contribution in [-0.4, -0.2) is 10.9 Å². The van der Waals surface area contributed by atoms with Crippen molar-refractivity contribution >= 4 is 11.7 Å². The topological polar surface area (TPSA) is 82.0 Å². The van der Waals surface area contributed by atoms with Crippen molar-refractivity contribution in [3.8, 4) is 11.8 Å². The zero-order valence-corrected chi connectivity index (χ0v) is 7.87. The Bertz CT molecular complexity index is 415. The Morgan fingerprint density at radius 1 is 1.64 bits per heavy atom. The van der Waals surface area contributed by atoms with Crippen molar-refractivity contribution in [2.45, 2.75) is 13.3 Å². The lowest BCUT2D eigenvalue weighted by molar-refractivity contribution is -0.117. The van der Waals surface area contributed by atoms with Gasteiger partial charge in [-0.3, -0.25) is 4.79 Å². The van der Waals surface area contributed by atoms with Crippen molar-refractivity contribution in [1.82, 2.24) is 4.98 Å². The number of nitrogens with zero attached hydrogens (tertiary/aromatic N) is 1. The predicted molar refractivity (Wildman–Crippen MR) is 54.1 cm³/mol. The van der Waals surface area contributed by atoms with E-state index in [0.29, 0.717) is 11.4 Å². The molecule has 1 amide bonds. The van der Waals surface area contributed by atoms with Gasteiger partial charge in [0.2, 0.25) is 5.91 Å². The largest absolute Gasteiger partial charge is 0.383 e. The molecule has 0 aromatic carbocycles. The van der Waals surface area contributed by atoms with Gasteiger partial charge in [-0.2, -0.15) is 0 Å². The number of hydrogen-bond donors (Lipinski definition) is 2. The van der Waals surface area contributed by atoms with Gasteiger partial charge < -0.3 is 11.5 Å². The molecule has 14 heavy (non-hydrogen) atoms. The SMILES string of the molecule is Cc1cnc(N)c(C#CCC(N)=O)c1. The molecule has 0 radical (unpaired) electrons. The Kier molecular flexibility index (Phi) is 3.08. The monoisotopic (exact) mass is 189 g/mol. The average Bonchev–Trinajstić information content (AvgIpc) is 2.10. The first-order valence-electron chi connectivity index (χ1n) is 4.09. The lowest BCUT2D eigenvalue weighted by Crippen LogP contribution is -2.08. The van der Waals surface area contributed by atoms with Crippen molar-refractivity contribution in [1.29, 1.82) is 0 Å². The summed E-state index contributed by atoms with van der Waals surface area (Å²) in [5, 5.41) is 0. The number of primary amides is 1. The second kappa shape index (κ2) is 4.28. The molecule has 1 heterocycles. The number of aryl methyl sites for hydroxylation is 1. The fourth-order valence-corrected chi connectivity index (χ4v) is 0.906. The maximum absolute atomic E-state index is 10.4. The third-order valence-electron chi connectivity index (χ3n) is 1.54. The van der Waals surface area contributed by atoms with Gasteiger partial charge in [-0.05, 0) is 18.6 Å². The molecular formula is C10H11N3O. The Hall–Kier alpha value is -2.02. The van der Waals surface area contributed by atoms with Gasteiger partial charge in [0.1, 0.15) is 5.82 Å². The van der Waals surface area contributed by atoms with Crippen LogP contribution >= 0.6 is 0 Å². The smallest absolute Gasteiger partial charge is 0.229 e. The molecule has 0 saturated carbocycles.